The van der Waals surface area contributed by atoms with Crippen LogP contribution in [0.3, 0.4) is 0 Å². The van der Waals surface area contributed by atoms with Crippen molar-refractivity contribution in [3.63, 3.8) is 0 Å². The molecule has 21 heavy (non-hydrogen) atoms. The summed E-state index contributed by atoms with van der Waals surface area (Å²) in [6, 6.07) is 2.90. The second-order valence-corrected chi connectivity index (χ2v) is 5.31. The SMILES string of the molecule is CCOC(=O)CCN(CC(=O)O)c1cc(Cl)c(Cl)cc1Cl. The van der Waals surface area contributed by atoms with Crippen molar-refractivity contribution in [2.45, 2.75) is 13.3 Å². The first-order valence-corrected chi connectivity index (χ1v) is 7.25. The molecule has 0 fully saturated rings. The zero-order valence-electron chi connectivity index (χ0n) is 11.2. The molecular formula is C13H14Cl3NO4. The summed E-state index contributed by atoms with van der Waals surface area (Å²) in [4.78, 5) is 23.8. The van der Waals surface area contributed by atoms with Gasteiger partial charge in [-0.15, -0.1) is 0 Å². The smallest absolute Gasteiger partial charge is 0.323 e. The predicted octanol–water partition coefficient (Wildman–Crippen LogP) is 3.49. The van der Waals surface area contributed by atoms with Crippen molar-refractivity contribution in [1.82, 2.24) is 0 Å². The summed E-state index contributed by atoms with van der Waals surface area (Å²) in [7, 11) is 0. The summed E-state index contributed by atoms with van der Waals surface area (Å²) in [6.07, 6.45) is 0.0394. The second kappa shape index (κ2) is 8.32. The van der Waals surface area contributed by atoms with E-state index in [0.717, 1.165) is 0 Å². The first-order chi connectivity index (χ1) is 9.85. The summed E-state index contributed by atoms with van der Waals surface area (Å²) in [5, 5.41) is 9.75. The Labute approximate surface area is 137 Å². The molecule has 0 saturated heterocycles. The lowest BCUT2D eigenvalue weighted by Crippen LogP contribution is -2.32. The van der Waals surface area contributed by atoms with Crippen molar-refractivity contribution in [1.29, 1.82) is 0 Å². The van der Waals surface area contributed by atoms with E-state index in [4.69, 9.17) is 44.6 Å². The van der Waals surface area contributed by atoms with Gasteiger partial charge in [-0.2, -0.15) is 0 Å². The number of esters is 1. The highest BCUT2D eigenvalue weighted by Crippen LogP contribution is 2.34. The van der Waals surface area contributed by atoms with Crippen LogP contribution in [0.2, 0.25) is 15.1 Å². The molecule has 0 saturated carbocycles. The van der Waals surface area contributed by atoms with E-state index < -0.39 is 11.9 Å². The fourth-order valence-electron chi connectivity index (χ4n) is 1.66. The Morgan fingerprint density at radius 2 is 1.81 bits per heavy atom. The minimum absolute atomic E-state index is 0.0394. The Kier molecular flexibility index (Phi) is 7.08. The number of halogens is 3. The normalized spacial score (nSPS) is 10.3. The van der Waals surface area contributed by atoms with Crippen LogP contribution in [-0.2, 0) is 14.3 Å². The van der Waals surface area contributed by atoms with Gasteiger partial charge in [0.1, 0.15) is 6.54 Å². The van der Waals surface area contributed by atoms with E-state index in [9.17, 15) is 9.59 Å². The first-order valence-electron chi connectivity index (χ1n) is 6.12. The minimum Gasteiger partial charge on any atom is -0.480 e. The number of aliphatic carboxylic acids is 1. The molecule has 0 aliphatic rings. The number of nitrogens with zero attached hydrogens (tertiary/aromatic N) is 1. The third kappa shape index (κ3) is 5.61. The lowest BCUT2D eigenvalue weighted by atomic mass is 10.2. The van der Waals surface area contributed by atoms with Crippen LogP contribution in [0, 0.1) is 0 Å². The van der Waals surface area contributed by atoms with Crippen molar-refractivity contribution in [3.8, 4) is 0 Å². The van der Waals surface area contributed by atoms with Gasteiger partial charge in [0.25, 0.3) is 0 Å². The lowest BCUT2D eigenvalue weighted by Gasteiger charge is -2.24. The predicted molar refractivity (Wildman–Crippen MR) is 82.6 cm³/mol. The molecular weight excluding hydrogens is 341 g/mol. The summed E-state index contributed by atoms with van der Waals surface area (Å²) in [6.45, 7) is 1.79. The van der Waals surface area contributed by atoms with E-state index in [1.165, 1.54) is 17.0 Å². The maximum absolute atomic E-state index is 11.4. The van der Waals surface area contributed by atoms with E-state index >= 15 is 0 Å². The molecule has 0 unspecified atom stereocenters. The molecule has 1 aromatic rings. The summed E-state index contributed by atoms with van der Waals surface area (Å²) in [5.41, 5.74) is 0.401. The van der Waals surface area contributed by atoms with Crippen LogP contribution in [0.5, 0.6) is 0 Å². The highest BCUT2D eigenvalue weighted by atomic mass is 35.5. The van der Waals surface area contributed by atoms with Gasteiger partial charge in [-0.05, 0) is 19.1 Å². The Hall–Kier alpha value is -1.17. The van der Waals surface area contributed by atoms with Gasteiger partial charge in [-0.3, -0.25) is 9.59 Å². The van der Waals surface area contributed by atoms with E-state index in [1.807, 2.05) is 0 Å². The zero-order valence-corrected chi connectivity index (χ0v) is 13.5. The van der Waals surface area contributed by atoms with Gasteiger partial charge in [0, 0.05) is 6.54 Å². The molecule has 0 spiro atoms. The van der Waals surface area contributed by atoms with Gasteiger partial charge in [-0.1, -0.05) is 34.8 Å². The maximum atomic E-state index is 11.4. The van der Waals surface area contributed by atoms with Crippen LogP contribution < -0.4 is 4.90 Å². The van der Waals surface area contributed by atoms with Gasteiger partial charge in [0.15, 0.2) is 0 Å². The number of anilines is 1. The number of hydrogen-bond acceptors (Lipinski definition) is 4. The molecule has 1 aromatic carbocycles. The number of ether oxygens (including phenoxy) is 1. The number of hydrogen-bond donors (Lipinski definition) is 1. The van der Waals surface area contributed by atoms with Crippen molar-refractivity contribution < 1.29 is 19.4 Å². The Morgan fingerprint density at radius 3 is 2.38 bits per heavy atom. The van der Waals surface area contributed by atoms with Crippen molar-refractivity contribution in [2.24, 2.45) is 0 Å². The molecule has 0 heterocycles. The van der Waals surface area contributed by atoms with Gasteiger partial charge >= 0.3 is 11.9 Å². The van der Waals surface area contributed by atoms with Crippen LogP contribution >= 0.6 is 34.8 Å². The van der Waals surface area contributed by atoms with Crippen LogP contribution in [0.15, 0.2) is 12.1 Å². The molecule has 1 rings (SSSR count). The number of carboxylic acids is 1. The average molecular weight is 355 g/mol. The van der Waals surface area contributed by atoms with Crippen LogP contribution in [0.25, 0.3) is 0 Å². The maximum Gasteiger partial charge on any atom is 0.323 e. The number of carbonyl (C=O) groups is 2. The third-order valence-corrected chi connectivity index (χ3v) is 3.57. The molecule has 0 aliphatic heterocycles. The molecule has 0 aromatic heterocycles. The molecule has 0 aliphatic carbocycles. The largest absolute Gasteiger partial charge is 0.480 e. The standard InChI is InChI=1S/C13H14Cl3NO4/c1-2-21-13(20)3-4-17(7-12(18)19)11-6-9(15)8(14)5-10(11)16/h5-6H,2-4,7H2,1H3,(H,18,19). The second-order valence-electron chi connectivity index (χ2n) is 4.09. The molecule has 0 bridgehead atoms. The minimum atomic E-state index is -1.05. The summed E-state index contributed by atoms with van der Waals surface area (Å²) in [5.74, 6) is -1.47. The number of rotatable bonds is 7. The van der Waals surface area contributed by atoms with Crippen molar-refractivity contribution in [2.75, 3.05) is 24.6 Å². The van der Waals surface area contributed by atoms with Gasteiger partial charge in [0.2, 0.25) is 0 Å². The quantitative estimate of drug-likeness (QED) is 0.600. The van der Waals surface area contributed by atoms with E-state index in [2.05, 4.69) is 0 Å². The monoisotopic (exact) mass is 353 g/mol. The molecule has 0 amide bonds. The molecule has 0 radical (unpaired) electrons. The van der Waals surface area contributed by atoms with Crippen LogP contribution in [0.4, 0.5) is 5.69 Å². The zero-order chi connectivity index (χ0) is 16.0. The Balaban J connectivity index is 2.94. The topological polar surface area (TPSA) is 66.8 Å². The fraction of sp³-hybridized carbons (Fsp3) is 0.385. The molecule has 116 valence electrons. The summed E-state index contributed by atoms with van der Waals surface area (Å²) < 4.78 is 4.81. The van der Waals surface area contributed by atoms with Gasteiger partial charge < -0.3 is 14.7 Å². The first kappa shape index (κ1) is 17.9. The molecule has 5 nitrogen and oxygen atoms in total. The Bertz CT molecular complexity index is 536. The van der Waals surface area contributed by atoms with Crippen LogP contribution in [0.1, 0.15) is 13.3 Å². The van der Waals surface area contributed by atoms with E-state index in [-0.39, 0.29) is 41.2 Å². The van der Waals surface area contributed by atoms with Gasteiger partial charge in [0.05, 0.1) is 33.8 Å². The molecule has 8 heteroatoms. The Morgan fingerprint density at radius 1 is 1.19 bits per heavy atom. The van der Waals surface area contributed by atoms with Crippen molar-refractivity contribution >= 4 is 52.4 Å². The highest BCUT2D eigenvalue weighted by molar-refractivity contribution is 6.44. The van der Waals surface area contributed by atoms with E-state index in [1.54, 1.807) is 6.92 Å². The summed E-state index contributed by atoms with van der Waals surface area (Å²) >= 11 is 17.8. The lowest BCUT2D eigenvalue weighted by molar-refractivity contribution is -0.143. The van der Waals surface area contributed by atoms with E-state index in [0.29, 0.717) is 5.69 Å². The number of carboxylic acid groups (broad SMARTS) is 1. The van der Waals surface area contributed by atoms with Crippen LogP contribution in [-0.4, -0.2) is 36.7 Å². The molecule has 0 atom stereocenters. The molecule has 1 N–H and O–H groups in total. The highest BCUT2D eigenvalue weighted by Gasteiger charge is 2.17. The van der Waals surface area contributed by atoms with Gasteiger partial charge in [-0.25, -0.2) is 0 Å². The van der Waals surface area contributed by atoms with Crippen molar-refractivity contribution in [3.05, 3.63) is 27.2 Å². The average Bonchev–Trinajstić information content (AvgIpc) is 2.39. The fourth-order valence-corrected chi connectivity index (χ4v) is 2.32. The third-order valence-electron chi connectivity index (χ3n) is 2.55. The number of benzene rings is 1. The number of carbonyl (C=O) groups excluding carboxylic acids is 1.